The summed E-state index contributed by atoms with van der Waals surface area (Å²) in [6, 6.07) is 8.58. The fourth-order valence-corrected chi connectivity index (χ4v) is 6.55. The van der Waals surface area contributed by atoms with Gasteiger partial charge in [-0.3, -0.25) is 9.59 Å². The highest BCUT2D eigenvalue weighted by atomic mass is 16.1. The molecule has 6 nitrogen and oxygen atoms in total. The summed E-state index contributed by atoms with van der Waals surface area (Å²) < 4.78 is 0. The van der Waals surface area contributed by atoms with Crippen LogP contribution in [0.4, 0.5) is 11.4 Å². The van der Waals surface area contributed by atoms with E-state index in [1.807, 2.05) is 24.3 Å². The van der Waals surface area contributed by atoms with Crippen LogP contribution in [0.1, 0.15) is 105 Å². The highest BCUT2D eigenvalue weighted by molar-refractivity contribution is 6.12. The summed E-state index contributed by atoms with van der Waals surface area (Å²) in [4.78, 5) is 26.6. The molecule has 0 radical (unpaired) electrons. The Labute approximate surface area is 312 Å². The number of rotatable bonds is 5. The molecule has 0 spiro atoms. The molecule has 0 unspecified atom stereocenters. The van der Waals surface area contributed by atoms with E-state index < -0.39 is 0 Å². The SMILES string of the molecule is Cc1cc(-c2cc(C)c(N=NC=C3C=C(C(C)(C)C)C(=O)C(C(C)(C)C)=C3)c(C)c2)cc(C)c1N=NC=C1C=C(C(C)(C)C)C(=O)C(C(C)(C)C)=C1. The Morgan fingerprint density at radius 1 is 0.423 bits per heavy atom. The van der Waals surface area contributed by atoms with Crippen molar-refractivity contribution in [3.8, 4) is 11.1 Å². The number of carbonyl (C=O) groups is 2. The molecule has 2 aliphatic carbocycles. The predicted molar refractivity (Wildman–Crippen MR) is 216 cm³/mol. The van der Waals surface area contributed by atoms with Crippen molar-refractivity contribution in [2.75, 3.05) is 0 Å². The van der Waals surface area contributed by atoms with Crippen LogP contribution in [0.2, 0.25) is 0 Å². The van der Waals surface area contributed by atoms with Crippen molar-refractivity contribution in [2.45, 2.75) is 111 Å². The summed E-state index contributed by atoms with van der Waals surface area (Å²) in [6.07, 6.45) is 11.3. The second-order valence-electron chi connectivity index (χ2n) is 18.5. The van der Waals surface area contributed by atoms with Gasteiger partial charge in [-0.05, 0) is 142 Å². The second kappa shape index (κ2) is 14.4. The molecule has 0 atom stereocenters. The maximum absolute atomic E-state index is 13.3. The first kappa shape index (κ1) is 40.2. The largest absolute Gasteiger partial charge is 0.289 e. The molecule has 2 aromatic rings. The summed E-state index contributed by atoms with van der Waals surface area (Å²) in [5.74, 6) is 0.209. The van der Waals surface area contributed by atoms with Crippen molar-refractivity contribution in [1.82, 2.24) is 0 Å². The van der Waals surface area contributed by atoms with Crippen molar-refractivity contribution < 1.29 is 9.59 Å². The van der Waals surface area contributed by atoms with Gasteiger partial charge in [0.1, 0.15) is 0 Å². The molecule has 0 heterocycles. The minimum atomic E-state index is -0.282. The van der Waals surface area contributed by atoms with Crippen molar-refractivity contribution in [1.29, 1.82) is 0 Å². The predicted octanol–water partition coefficient (Wildman–Crippen LogP) is 13.6. The molecular weight excluding hydrogens is 641 g/mol. The summed E-state index contributed by atoms with van der Waals surface area (Å²) in [5, 5.41) is 18.3. The monoisotopic (exact) mass is 698 g/mol. The Morgan fingerprint density at radius 3 is 0.865 bits per heavy atom. The maximum atomic E-state index is 13.3. The zero-order valence-electron chi connectivity index (χ0n) is 34.4. The minimum Gasteiger partial charge on any atom is -0.289 e. The maximum Gasteiger partial charge on any atom is 0.186 e. The minimum absolute atomic E-state index is 0.104. The number of ketones is 2. The van der Waals surface area contributed by atoms with Crippen molar-refractivity contribution in [3.05, 3.63) is 117 Å². The zero-order valence-corrected chi connectivity index (χ0v) is 34.4. The third-order valence-electron chi connectivity index (χ3n) is 9.50. The molecule has 0 aromatic heterocycles. The van der Waals surface area contributed by atoms with Crippen LogP contribution in [0.5, 0.6) is 0 Å². The first-order valence-corrected chi connectivity index (χ1v) is 18.2. The molecule has 0 saturated heterocycles. The Morgan fingerprint density at radius 2 is 0.654 bits per heavy atom. The number of carbonyl (C=O) groups excluding carboxylic acids is 2. The number of allylic oxidation sites excluding steroid dienone is 10. The smallest absolute Gasteiger partial charge is 0.186 e. The Balaban J connectivity index is 1.63. The molecule has 0 amide bonds. The molecule has 0 N–H and O–H groups in total. The molecule has 52 heavy (non-hydrogen) atoms. The summed E-state index contributed by atoms with van der Waals surface area (Å²) in [6.45, 7) is 33.0. The number of benzene rings is 2. The van der Waals surface area contributed by atoms with Gasteiger partial charge in [-0.2, -0.15) is 20.5 Å². The van der Waals surface area contributed by atoms with E-state index in [2.05, 4.69) is 156 Å². The van der Waals surface area contributed by atoms with Gasteiger partial charge in [0.25, 0.3) is 0 Å². The van der Waals surface area contributed by atoms with Gasteiger partial charge >= 0.3 is 0 Å². The van der Waals surface area contributed by atoms with Crippen molar-refractivity contribution in [3.63, 3.8) is 0 Å². The normalized spacial score (nSPS) is 16.4. The number of aryl methyl sites for hydroxylation is 4. The first-order chi connectivity index (χ1) is 23.8. The fraction of sp³-hybridized carbons (Fsp3) is 0.435. The van der Waals surface area contributed by atoms with Gasteiger partial charge in [-0.25, -0.2) is 0 Å². The zero-order chi connectivity index (χ0) is 39.1. The number of Topliss-reactive ketones (excluding diaryl/α,β-unsaturated/α-hetero) is 2. The van der Waals surface area contributed by atoms with Gasteiger partial charge < -0.3 is 0 Å². The van der Waals surface area contributed by atoms with E-state index in [0.717, 1.165) is 78.2 Å². The fourth-order valence-electron chi connectivity index (χ4n) is 6.55. The first-order valence-electron chi connectivity index (χ1n) is 18.2. The van der Waals surface area contributed by atoms with Gasteiger partial charge in [0.2, 0.25) is 0 Å². The van der Waals surface area contributed by atoms with E-state index in [9.17, 15) is 9.59 Å². The molecule has 0 fully saturated rings. The average Bonchev–Trinajstić information content (AvgIpc) is 2.98. The van der Waals surface area contributed by atoms with Crippen molar-refractivity contribution >= 4 is 22.9 Å². The van der Waals surface area contributed by atoms with E-state index >= 15 is 0 Å². The lowest BCUT2D eigenvalue weighted by Crippen LogP contribution is -2.27. The van der Waals surface area contributed by atoms with Crippen LogP contribution in [-0.2, 0) is 9.59 Å². The Kier molecular flexibility index (Phi) is 11.2. The van der Waals surface area contributed by atoms with Gasteiger partial charge in [0.05, 0.1) is 23.8 Å². The van der Waals surface area contributed by atoms with Crippen LogP contribution in [0.15, 0.2) is 115 Å². The number of hydrogen-bond acceptors (Lipinski definition) is 6. The third-order valence-corrected chi connectivity index (χ3v) is 9.50. The quantitative estimate of drug-likeness (QED) is 0.291. The van der Waals surface area contributed by atoms with E-state index in [-0.39, 0.29) is 33.2 Å². The van der Waals surface area contributed by atoms with Crippen LogP contribution >= 0.6 is 0 Å². The van der Waals surface area contributed by atoms with Gasteiger partial charge in [0, 0.05) is 22.3 Å². The molecule has 2 aromatic carbocycles. The van der Waals surface area contributed by atoms with Crippen LogP contribution in [0.3, 0.4) is 0 Å². The molecule has 6 heteroatoms. The molecule has 0 aliphatic heterocycles. The topological polar surface area (TPSA) is 83.6 Å². The molecule has 274 valence electrons. The van der Waals surface area contributed by atoms with Crippen LogP contribution in [0.25, 0.3) is 11.1 Å². The second-order valence-corrected chi connectivity index (χ2v) is 18.5. The van der Waals surface area contributed by atoms with E-state index in [4.69, 9.17) is 0 Å². The third kappa shape index (κ3) is 9.07. The highest BCUT2D eigenvalue weighted by Crippen LogP contribution is 2.41. The lowest BCUT2D eigenvalue weighted by Gasteiger charge is -2.31. The number of hydrogen-bond donors (Lipinski definition) is 0. The standard InChI is InChI=1S/C46H58N4O2/c1-27-17-33(18-28(2)39(27)49-47-25-31-21-35(43(5,6)7)41(51)36(22-31)44(8,9)10)34-19-29(3)40(30(4)20-34)50-48-26-32-23-37(45(11,12)13)42(52)38(24-32)46(14,15)16/h17-26H,1-16H3. The number of azo groups is 2. The van der Waals surface area contributed by atoms with Gasteiger partial charge in [0.15, 0.2) is 11.6 Å². The molecule has 2 aliphatic rings. The Bertz CT molecular complexity index is 1800. The van der Waals surface area contributed by atoms with Crippen LogP contribution < -0.4 is 0 Å². The van der Waals surface area contributed by atoms with Crippen LogP contribution in [0, 0.1) is 49.4 Å². The van der Waals surface area contributed by atoms with E-state index in [1.54, 1.807) is 12.4 Å². The van der Waals surface area contributed by atoms with Gasteiger partial charge in [-0.15, -0.1) is 0 Å². The van der Waals surface area contributed by atoms with Crippen LogP contribution in [-0.4, -0.2) is 11.6 Å². The summed E-state index contributed by atoms with van der Waals surface area (Å²) in [5.41, 5.74) is 11.7. The summed E-state index contributed by atoms with van der Waals surface area (Å²) >= 11 is 0. The highest BCUT2D eigenvalue weighted by Gasteiger charge is 2.35. The van der Waals surface area contributed by atoms with E-state index in [1.165, 1.54) is 0 Å². The molecule has 0 bridgehead atoms. The van der Waals surface area contributed by atoms with E-state index in [0.29, 0.717) is 0 Å². The lowest BCUT2D eigenvalue weighted by atomic mass is 9.72. The summed E-state index contributed by atoms with van der Waals surface area (Å²) in [7, 11) is 0. The number of nitrogens with zero attached hydrogens (tertiary/aromatic N) is 4. The van der Waals surface area contributed by atoms with Crippen molar-refractivity contribution in [2.24, 2.45) is 42.1 Å². The molecular formula is C46H58N4O2. The molecule has 0 saturated carbocycles. The Hall–Kier alpha value is -4.58. The molecule has 4 rings (SSSR count). The van der Waals surface area contributed by atoms with Gasteiger partial charge in [-0.1, -0.05) is 83.1 Å². The lowest BCUT2D eigenvalue weighted by molar-refractivity contribution is -0.114. The average molecular weight is 699 g/mol.